The zero-order valence-electron chi connectivity index (χ0n) is 38.3. The Hall–Kier alpha value is -11.1. The van der Waals surface area contributed by atoms with Gasteiger partial charge in [-0.3, -0.25) is 24.0 Å². The molecule has 4 atom stereocenters. The Bertz CT molecular complexity index is 3450. The van der Waals surface area contributed by atoms with Gasteiger partial charge in [0, 0.05) is 22.3 Å². The fourth-order valence-corrected chi connectivity index (χ4v) is 7.76. The molecule has 0 saturated carbocycles. The molecule has 0 aliphatic rings. The summed E-state index contributed by atoms with van der Waals surface area (Å²) >= 11 is 0. The number of ketones is 5. The molecule has 408 valence electrons. The van der Waals surface area contributed by atoms with Crippen LogP contribution in [0.4, 0.5) is 0 Å². The maximum Gasteiger partial charge on any atom is 0.340 e. The SMILES string of the molecule is O=C(O[C@](C(=O)C(=O)c1cc(O)c(O)c(O)c1)(C(=O)c1cc(O)c(O)c(O)c1)[C@](OC(=O)c1cc(O)c(O)c(O)c1)(C(=O)c1cc(O)c(O)c(O)c1)[C@@](O)(C(=O)c1cc(O)c(O)c(O)c1)[C@H](O)CO)c1cc(O)c(O)c(O)c1. The summed E-state index contributed by atoms with van der Waals surface area (Å²) in [6, 6.07) is 0.0376. The highest BCUT2D eigenvalue weighted by Crippen LogP contribution is 2.53. The van der Waals surface area contributed by atoms with E-state index in [0.717, 1.165) is 0 Å². The largest absolute Gasteiger partial charge is 0.504 e. The van der Waals surface area contributed by atoms with Crippen molar-refractivity contribution < 1.29 is 150 Å². The number of Topliss-reactive ketones (excluding diaryl/α,β-unsaturated/α-hetero) is 5. The third-order valence-electron chi connectivity index (χ3n) is 11.6. The summed E-state index contributed by atoms with van der Waals surface area (Å²) in [4.78, 5) is 109. The molecule has 0 aromatic heterocycles. The topological polar surface area (TPSA) is 563 Å². The molecule has 0 radical (unpaired) electrons. The number of esters is 2. The molecule has 0 unspecified atom stereocenters. The Morgan fingerprint density at radius 2 is 0.603 bits per heavy atom. The zero-order valence-corrected chi connectivity index (χ0v) is 38.3. The Labute approximate surface area is 429 Å². The van der Waals surface area contributed by atoms with Crippen LogP contribution in [0.1, 0.15) is 62.1 Å². The summed E-state index contributed by atoms with van der Waals surface area (Å²) in [7, 11) is 0. The van der Waals surface area contributed by atoms with Crippen LogP contribution in [0.25, 0.3) is 0 Å². The third-order valence-corrected chi connectivity index (χ3v) is 11.6. The van der Waals surface area contributed by atoms with Crippen molar-refractivity contribution in [2.75, 3.05) is 6.61 Å². The summed E-state index contributed by atoms with van der Waals surface area (Å²) in [6.07, 6.45) is -3.90. The number of phenols is 18. The second kappa shape index (κ2) is 20.0. The number of carbonyl (C=O) groups is 7. The van der Waals surface area contributed by atoms with Crippen molar-refractivity contribution in [3.05, 3.63) is 106 Å². The number of phenolic OH excluding ortho intramolecular Hbond substituents is 18. The summed E-state index contributed by atoms with van der Waals surface area (Å²) in [6.45, 7) is -2.35. The number of ether oxygens (including phenoxy) is 2. The fourth-order valence-electron chi connectivity index (χ4n) is 7.76. The number of aromatic hydroxyl groups is 18. The van der Waals surface area contributed by atoms with E-state index in [1.165, 1.54) is 0 Å². The van der Waals surface area contributed by atoms with Crippen molar-refractivity contribution in [2.45, 2.75) is 22.9 Å². The van der Waals surface area contributed by atoms with Crippen molar-refractivity contribution in [1.82, 2.24) is 0 Å². The van der Waals surface area contributed by atoms with E-state index in [4.69, 9.17) is 9.47 Å². The van der Waals surface area contributed by atoms with Gasteiger partial charge in [0.25, 0.3) is 17.0 Å². The van der Waals surface area contributed by atoms with Crippen LogP contribution in [0, 0.1) is 0 Å². The van der Waals surface area contributed by atoms with Gasteiger partial charge >= 0.3 is 11.9 Å². The highest BCUT2D eigenvalue weighted by Gasteiger charge is 2.83. The molecule has 0 aliphatic heterocycles. The molecule has 30 heteroatoms. The molecule has 30 nitrogen and oxygen atoms in total. The zero-order chi connectivity index (χ0) is 58.6. The molecule has 6 aromatic rings. The van der Waals surface area contributed by atoms with E-state index in [2.05, 4.69) is 0 Å². The number of rotatable bonds is 17. The first kappa shape index (κ1) is 56.2. The molecule has 0 fully saturated rings. The van der Waals surface area contributed by atoms with Crippen molar-refractivity contribution in [3.8, 4) is 103 Å². The van der Waals surface area contributed by atoms with E-state index in [0.29, 0.717) is 0 Å². The molecule has 6 rings (SSSR count). The fraction of sp³-hybridized carbons (Fsp3) is 0.104. The molecule has 78 heavy (non-hydrogen) atoms. The first-order chi connectivity index (χ1) is 36.2. The Balaban J connectivity index is 2.06. The highest BCUT2D eigenvalue weighted by atomic mass is 16.6. The molecule has 6 aromatic carbocycles. The van der Waals surface area contributed by atoms with Crippen LogP contribution in [0.3, 0.4) is 0 Å². The lowest BCUT2D eigenvalue weighted by atomic mass is 9.58. The minimum absolute atomic E-state index is 0.000295. The standard InChI is InChI=1S/C48H36O30/c49-13-32(62)46(76,40(70)15-3-22(52)35(65)23(53)4-15)48(42(72)17-7-26(56)37(67)27(57)8-17,78-45(75)19-11-30(60)39(69)31(61)12-19)47(41(71)16-5-24(54)36(66)25(55)6-16,77-44(74)18-9-28(58)38(68)29(59)10-18)43(73)33(63)14-1-20(50)34(64)21(51)2-14/h1-12,32,49-62,64-69,76H,13H2/t32-,46+,47+,48+/m1/s1. The van der Waals surface area contributed by atoms with Gasteiger partial charge in [-0.25, -0.2) is 9.59 Å². The summed E-state index contributed by atoms with van der Waals surface area (Å²) in [5, 5.41) is 225. The minimum Gasteiger partial charge on any atom is -0.504 e. The van der Waals surface area contributed by atoms with E-state index >= 15 is 28.8 Å². The number of aliphatic hydroxyl groups is 3. The number of carbonyl (C=O) groups excluding carboxylic acids is 7. The van der Waals surface area contributed by atoms with Gasteiger partial charge in [-0.05, 0) is 72.8 Å². The lowest BCUT2D eigenvalue weighted by Crippen LogP contribution is -2.84. The van der Waals surface area contributed by atoms with Gasteiger partial charge in [0.1, 0.15) is 6.10 Å². The normalized spacial score (nSPS) is 13.9. The molecule has 0 heterocycles. The van der Waals surface area contributed by atoms with Crippen LogP contribution in [-0.2, 0) is 14.3 Å². The molecule has 21 N–H and O–H groups in total. The Morgan fingerprint density at radius 3 is 0.897 bits per heavy atom. The van der Waals surface area contributed by atoms with Crippen LogP contribution in [0.2, 0.25) is 0 Å². The van der Waals surface area contributed by atoms with Gasteiger partial charge in [0.05, 0.1) is 17.7 Å². The first-order valence-corrected chi connectivity index (χ1v) is 20.9. The van der Waals surface area contributed by atoms with Crippen LogP contribution >= 0.6 is 0 Å². The van der Waals surface area contributed by atoms with Crippen LogP contribution < -0.4 is 0 Å². The average Bonchev–Trinajstić information content (AvgIpc) is 3.39. The molecule has 0 spiro atoms. The van der Waals surface area contributed by atoms with Crippen molar-refractivity contribution >= 4 is 40.9 Å². The van der Waals surface area contributed by atoms with E-state index < -0.39 is 207 Å². The predicted octanol–water partition coefficient (Wildman–Crippen LogP) is 0.0638. The quantitative estimate of drug-likeness (QED) is 0.0189. The van der Waals surface area contributed by atoms with Crippen molar-refractivity contribution in [2.24, 2.45) is 0 Å². The van der Waals surface area contributed by atoms with Crippen LogP contribution in [0.5, 0.6) is 103 Å². The molecule has 0 bridgehead atoms. The van der Waals surface area contributed by atoms with Gasteiger partial charge in [-0.2, -0.15) is 0 Å². The first-order valence-electron chi connectivity index (χ1n) is 20.9. The van der Waals surface area contributed by atoms with Gasteiger partial charge in [-0.1, -0.05) is 0 Å². The molecule has 0 amide bonds. The van der Waals surface area contributed by atoms with Crippen molar-refractivity contribution in [3.63, 3.8) is 0 Å². The lowest BCUT2D eigenvalue weighted by molar-refractivity contribution is -0.213. The van der Waals surface area contributed by atoms with E-state index in [1.807, 2.05) is 0 Å². The maximum atomic E-state index is 16.4. The molecular formula is C48H36O30. The second-order valence-corrected chi connectivity index (χ2v) is 16.4. The van der Waals surface area contributed by atoms with Crippen molar-refractivity contribution in [1.29, 1.82) is 0 Å². The minimum atomic E-state index is -5.76. The molecule has 0 aliphatic carbocycles. The molecule has 0 saturated heterocycles. The van der Waals surface area contributed by atoms with Crippen LogP contribution in [-0.4, -0.2) is 178 Å². The van der Waals surface area contributed by atoms with E-state index in [1.54, 1.807) is 0 Å². The number of hydrogen-bond donors (Lipinski definition) is 21. The highest BCUT2D eigenvalue weighted by molar-refractivity contribution is 6.53. The number of hydrogen-bond acceptors (Lipinski definition) is 30. The maximum absolute atomic E-state index is 16.4. The lowest BCUT2D eigenvalue weighted by Gasteiger charge is -2.52. The van der Waals surface area contributed by atoms with Gasteiger partial charge in [-0.15, -0.1) is 0 Å². The van der Waals surface area contributed by atoms with Gasteiger partial charge in [0.15, 0.2) is 103 Å². The smallest absolute Gasteiger partial charge is 0.340 e. The van der Waals surface area contributed by atoms with E-state index in [9.17, 15) is 112 Å². The molecular weight excluding hydrogens is 1060 g/mol. The van der Waals surface area contributed by atoms with E-state index in [-0.39, 0.29) is 72.8 Å². The van der Waals surface area contributed by atoms with Gasteiger partial charge in [0.2, 0.25) is 28.7 Å². The average molecular weight is 1090 g/mol. The monoisotopic (exact) mass is 1090 g/mol. The third kappa shape index (κ3) is 8.86. The Morgan fingerprint density at radius 1 is 0.359 bits per heavy atom. The summed E-state index contributed by atoms with van der Waals surface area (Å²) in [5.41, 5.74) is -26.9. The number of aliphatic hydroxyl groups excluding tert-OH is 2. The predicted molar refractivity (Wildman–Crippen MR) is 245 cm³/mol. The summed E-state index contributed by atoms with van der Waals surface area (Å²) < 4.78 is 11.0. The van der Waals surface area contributed by atoms with Gasteiger partial charge < -0.3 is 117 Å². The second-order valence-electron chi connectivity index (χ2n) is 16.4. The number of benzene rings is 6. The Kier molecular flexibility index (Phi) is 14.4. The van der Waals surface area contributed by atoms with Crippen LogP contribution in [0.15, 0.2) is 72.8 Å². The summed E-state index contributed by atoms with van der Waals surface area (Å²) in [5.74, 6) is -48.5.